The van der Waals surface area contributed by atoms with Gasteiger partial charge in [-0.3, -0.25) is 20.0 Å². The largest absolute Gasteiger partial charge is 0.295 e. The van der Waals surface area contributed by atoms with Crippen LogP contribution in [-0.4, -0.2) is 48.5 Å². The smallest absolute Gasteiger partial charge is 0.250 e. The number of amides is 1. The van der Waals surface area contributed by atoms with Gasteiger partial charge < -0.3 is 0 Å². The highest BCUT2D eigenvalue weighted by molar-refractivity contribution is 6.12. The Kier molecular flexibility index (Phi) is 6.46. The standard InChI is InChI=1S/C24H28FN3O3/c1-3-30-31-15-14-28-22(19-10-6-7-11-20(19)25)26-16-24(2,23(28)29)27-21-13-12-17-8-4-5-9-18(17)21/h4-11,21,27H,3,12-16H2,1-2H3/t21-,24?/m0/s1. The molecule has 0 radical (unpaired) electrons. The van der Waals surface area contributed by atoms with Crippen molar-refractivity contribution in [1.82, 2.24) is 10.2 Å². The second-order valence-electron chi connectivity index (χ2n) is 8.07. The van der Waals surface area contributed by atoms with E-state index in [9.17, 15) is 9.18 Å². The van der Waals surface area contributed by atoms with Gasteiger partial charge in [-0.1, -0.05) is 36.4 Å². The van der Waals surface area contributed by atoms with Crippen LogP contribution in [0.25, 0.3) is 0 Å². The molecule has 6 nitrogen and oxygen atoms in total. The van der Waals surface area contributed by atoms with Gasteiger partial charge in [-0.25, -0.2) is 14.2 Å². The molecule has 2 aromatic rings. The third kappa shape index (κ3) is 4.39. The van der Waals surface area contributed by atoms with E-state index in [0.717, 1.165) is 12.8 Å². The van der Waals surface area contributed by atoms with Crippen LogP contribution in [0.15, 0.2) is 53.5 Å². The van der Waals surface area contributed by atoms with Crippen molar-refractivity contribution in [2.75, 3.05) is 26.3 Å². The van der Waals surface area contributed by atoms with Crippen molar-refractivity contribution in [3.05, 3.63) is 71.0 Å². The maximum absolute atomic E-state index is 14.5. The van der Waals surface area contributed by atoms with Gasteiger partial charge in [0.05, 0.1) is 25.3 Å². The van der Waals surface area contributed by atoms with Crippen molar-refractivity contribution >= 4 is 11.7 Å². The summed E-state index contributed by atoms with van der Waals surface area (Å²) in [5.74, 6) is -0.231. The molecule has 1 aliphatic carbocycles. The van der Waals surface area contributed by atoms with E-state index in [2.05, 4.69) is 22.4 Å². The molecule has 31 heavy (non-hydrogen) atoms. The monoisotopic (exact) mass is 425 g/mol. The van der Waals surface area contributed by atoms with E-state index in [0.29, 0.717) is 18.0 Å². The molecule has 1 amide bonds. The molecule has 0 saturated heterocycles. The van der Waals surface area contributed by atoms with Crippen molar-refractivity contribution in [2.24, 2.45) is 4.99 Å². The van der Waals surface area contributed by atoms with Gasteiger partial charge in [0.15, 0.2) is 0 Å². The first-order valence-corrected chi connectivity index (χ1v) is 10.7. The number of carbonyl (C=O) groups is 1. The molecule has 1 aliphatic heterocycles. The minimum absolute atomic E-state index is 0.0805. The van der Waals surface area contributed by atoms with E-state index in [1.165, 1.54) is 22.1 Å². The lowest BCUT2D eigenvalue weighted by atomic mass is 9.94. The summed E-state index contributed by atoms with van der Waals surface area (Å²) in [4.78, 5) is 29.9. The number of nitrogens with zero attached hydrogens (tertiary/aromatic N) is 2. The molecule has 0 spiro atoms. The number of halogens is 1. The lowest BCUT2D eigenvalue weighted by Gasteiger charge is -2.40. The van der Waals surface area contributed by atoms with E-state index in [1.54, 1.807) is 18.2 Å². The number of benzene rings is 2. The zero-order chi connectivity index (χ0) is 21.8. The lowest BCUT2D eigenvalue weighted by molar-refractivity contribution is -0.291. The fraction of sp³-hybridized carbons (Fsp3) is 0.417. The van der Waals surface area contributed by atoms with Gasteiger partial charge in [-0.05, 0) is 49.9 Å². The number of nitrogens with one attached hydrogen (secondary N) is 1. The summed E-state index contributed by atoms with van der Waals surface area (Å²) in [5, 5.41) is 3.55. The van der Waals surface area contributed by atoms with E-state index in [-0.39, 0.29) is 31.6 Å². The van der Waals surface area contributed by atoms with Crippen LogP contribution in [-0.2, 0) is 21.0 Å². The fourth-order valence-corrected chi connectivity index (χ4v) is 4.33. The number of hydrogen-bond acceptors (Lipinski definition) is 5. The number of aliphatic imine (C=N–C) groups is 1. The van der Waals surface area contributed by atoms with E-state index >= 15 is 0 Å². The average Bonchev–Trinajstić information content (AvgIpc) is 3.17. The Bertz CT molecular complexity index is 980. The highest BCUT2D eigenvalue weighted by Crippen LogP contribution is 2.33. The number of rotatable bonds is 8. The van der Waals surface area contributed by atoms with E-state index < -0.39 is 11.4 Å². The van der Waals surface area contributed by atoms with Crippen LogP contribution in [0.3, 0.4) is 0 Å². The van der Waals surface area contributed by atoms with Gasteiger partial charge >= 0.3 is 0 Å². The molecule has 0 fully saturated rings. The third-order valence-corrected chi connectivity index (χ3v) is 5.86. The zero-order valence-electron chi connectivity index (χ0n) is 17.9. The van der Waals surface area contributed by atoms with Crippen LogP contribution < -0.4 is 5.32 Å². The Labute approximate surface area is 182 Å². The number of fused-ring (bicyclic) bond motifs is 1. The molecule has 7 heteroatoms. The minimum atomic E-state index is -0.900. The van der Waals surface area contributed by atoms with Crippen LogP contribution in [0.4, 0.5) is 4.39 Å². The Morgan fingerprint density at radius 3 is 2.77 bits per heavy atom. The number of amidine groups is 1. The first kappa shape index (κ1) is 21.6. The lowest BCUT2D eigenvalue weighted by Crippen LogP contribution is -2.63. The molecule has 164 valence electrons. The maximum Gasteiger partial charge on any atom is 0.250 e. The zero-order valence-corrected chi connectivity index (χ0v) is 17.9. The van der Waals surface area contributed by atoms with Crippen LogP contribution in [0, 0.1) is 5.82 Å². The molecule has 2 aromatic carbocycles. The summed E-state index contributed by atoms with van der Waals surface area (Å²) < 4.78 is 14.5. The number of hydrogen-bond donors (Lipinski definition) is 1. The van der Waals surface area contributed by atoms with Crippen molar-refractivity contribution in [1.29, 1.82) is 0 Å². The SMILES string of the molecule is CCOOCCN1C(=O)C(C)(N[C@H]2CCc3ccccc32)CN=C1c1ccccc1F. The maximum atomic E-state index is 14.5. The summed E-state index contributed by atoms with van der Waals surface area (Å²) >= 11 is 0. The number of carbonyl (C=O) groups excluding carboxylic acids is 1. The minimum Gasteiger partial charge on any atom is -0.295 e. The Morgan fingerprint density at radius 1 is 1.19 bits per heavy atom. The quantitative estimate of drug-likeness (QED) is 0.400. The molecule has 4 rings (SSSR count). The summed E-state index contributed by atoms with van der Waals surface area (Å²) in [6.45, 7) is 4.70. The molecular weight excluding hydrogens is 397 g/mol. The second kappa shape index (κ2) is 9.26. The van der Waals surface area contributed by atoms with Crippen molar-refractivity contribution in [2.45, 2.75) is 38.3 Å². The summed E-state index contributed by atoms with van der Waals surface area (Å²) in [6.07, 6.45) is 1.91. The molecule has 2 aliphatic rings. The average molecular weight is 426 g/mol. The Hall–Kier alpha value is -2.61. The summed E-state index contributed by atoms with van der Waals surface area (Å²) in [6, 6.07) is 14.8. The van der Waals surface area contributed by atoms with Gasteiger partial charge in [0.1, 0.15) is 23.8 Å². The molecule has 1 N–H and O–H groups in total. The summed E-state index contributed by atoms with van der Waals surface area (Å²) in [7, 11) is 0. The highest BCUT2D eigenvalue weighted by atomic mass is 19.1. The van der Waals surface area contributed by atoms with Crippen LogP contribution >= 0.6 is 0 Å². The highest BCUT2D eigenvalue weighted by Gasteiger charge is 2.44. The molecule has 0 saturated carbocycles. The van der Waals surface area contributed by atoms with Gasteiger partial charge in [-0.2, -0.15) is 0 Å². The Morgan fingerprint density at radius 2 is 1.97 bits per heavy atom. The van der Waals surface area contributed by atoms with Crippen molar-refractivity contribution < 1.29 is 19.0 Å². The predicted molar refractivity (Wildman–Crippen MR) is 116 cm³/mol. The van der Waals surface area contributed by atoms with Crippen molar-refractivity contribution in [3.8, 4) is 0 Å². The molecule has 1 unspecified atom stereocenters. The summed E-state index contributed by atoms with van der Waals surface area (Å²) in [5.41, 5.74) is 1.94. The van der Waals surface area contributed by atoms with E-state index in [1.807, 2.05) is 26.0 Å². The van der Waals surface area contributed by atoms with Crippen molar-refractivity contribution in [3.63, 3.8) is 0 Å². The fourth-order valence-electron chi connectivity index (χ4n) is 4.33. The van der Waals surface area contributed by atoms with Gasteiger partial charge in [-0.15, -0.1) is 0 Å². The first-order chi connectivity index (χ1) is 15.0. The molecule has 1 heterocycles. The molecular formula is C24H28FN3O3. The molecule has 2 atom stereocenters. The van der Waals surface area contributed by atoms with Gasteiger partial charge in [0.25, 0.3) is 0 Å². The van der Waals surface area contributed by atoms with Crippen LogP contribution in [0.5, 0.6) is 0 Å². The Balaban J connectivity index is 1.60. The normalized spacial score (nSPS) is 23.1. The number of aryl methyl sites for hydroxylation is 1. The molecule has 0 aromatic heterocycles. The van der Waals surface area contributed by atoms with Gasteiger partial charge in [0.2, 0.25) is 5.91 Å². The van der Waals surface area contributed by atoms with E-state index in [4.69, 9.17) is 9.78 Å². The first-order valence-electron chi connectivity index (χ1n) is 10.7. The second-order valence-corrected chi connectivity index (χ2v) is 8.07. The van der Waals surface area contributed by atoms with Crippen LogP contribution in [0.2, 0.25) is 0 Å². The third-order valence-electron chi connectivity index (χ3n) is 5.86. The van der Waals surface area contributed by atoms with Crippen LogP contribution in [0.1, 0.15) is 43.0 Å². The van der Waals surface area contributed by atoms with Gasteiger partial charge in [0, 0.05) is 6.04 Å². The predicted octanol–water partition coefficient (Wildman–Crippen LogP) is 3.42. The molecule has 0 bridgehead atoms. The topological polar surface area (TPSA) is 63.2 Å².